The van der Waals surface area contributed by atoms with Crippen molar-refractivity contribution in [2.24, 2.45) is 0 Å². The average molecular weight is 351 g/mol. The fraction of sp³-hybridized carbons (Fsp3) is 0.278. The maximum Gasteiger partial charge on any atom is 0.251 e. The third-order valence-corrected chi connectivity index (χ3v) is 4.36. The molecule has 3 nitrogen and oxygen atoms in total. The molecule has 2 N–H and O–H groups in total. The van der Waals surface area contributed by atoms with Crippen molar-refractivity contribution in [2.45, 2.75) is 19.4 Å². The molecule has 2 aromatic rings. The van der Waals surface area contributed by atoms with Crippen LogP contribution in [0.1, 0.15) is 33.1 Å². The van der Waals surface area contributed by atoms with Crippen LogP contribution in [0, 0.1) is 6.92 Å². The average Bonchev–Trinajstić information content (AvgIpc) is 2.54. The van der Waals surface area contributed by atoms with Gasteiger partial charge in [-0.2, -0.15) is 0 Å². The van der Waals surface area contributed by atoms with E-state index in [-0.39, 0.29) is 24.4 Å². The van der Waals surface area contributed by atoms with E-state index in [1.165, 1.54) is 11.1 Å². The van der Waals surface area contributed by atoms with Crippen LogP contribution >= 0.6 is 24.0 Å². The summed E-state index contributed by atoms with van der Waals surface area (Å²) in [6.07, 6.45) is 1.04. The number of benzene rings is 2. The van der Waals surface area contributed by atoms with E-state index in [0.717, 1.165) is 18.5 Å². The first-order valence-corrected chi connectivity index (χ1v) is 7.88. The highest BCUT2D eigenvalue weighted by atomic mass is 35.5. The summed E-state index contributed by atoms with van der Waals surface area (Å²) in [6, 6.07) is 13.9. The Kier molecular flexibility index (Phi) is 6.05. The molecule has 122 valence electrons. The topological polar surface area (TPSA) is 41.1 Å². The molecule has 23 heavy (non-hydrogen) atoms. The minimum absolute atomic E-state index is 0. The minimum Gasteiger partial charge on any atom is -0.350 e. The van der Waals surface area contributed by atoms with Crippen LogP contribution < -0.4 is 10.6 Å². The molecular weight excluding hydrogens is 331 g/mol. The molecule has 0 fully saturated rings. The van der Waals surface area contributed by atoms with Gasteiger partial charge in [-0.3, -0.25) is 4.79 Å². The first-order valence-electron chi connectivity index (χ1n) is 7.50. The number of hydrogen-bond acceptors (Lipinski definition) is 2. The van der Waals surface area contributed by atoms with E-state index in [4.69, 9.17) is 11.6 Å². The van der Waals surface area contributed by atoms with Crippen molar-refractivity contribution in [3.8, 4) is 0 Å². The second-order valence-corrected chi connectivity index (χ2v) is 6.06. The van der Waals surface area contributed by atoms with Crippen molar-refractivity contribution >= 4 is 29.9 Å². The Hall–Kier alpha value is -1.55. The van der Waals surface area contributed by atoms with Gasteiger partial charge in [-0.15, -0.1) is 12.4 Å². The van der Waals surface area contributed by atoms with Gasteiger partial charge < -0.3 is 10.6 Å². The summed E-state index contributed by atoms with van der Waals surface area (Å²) < 4.78 is 0. The fourth-order valence-corrected chi connectivity index (χ4v) is 3.08. The zero-order valence-corrected chi connectivity index (χ0v) is 14.5. The monoisotopic (exact) mass is 350 g/mol. The van der Waals surface area contributed by atoms with Gasteiger partial charge in [0, 0.05) is 23.2 Å². The smallest absolute Gasteiger partial charge is 0.251 e. The van der Waals surface area contributed by atoms with Gasteiger partial charge in [0.1, 0.15) is 0 Å². The number of fused-ring (bicyclic) bond motifs is 1. The molecule has 0 saturated heterocycles. The number of halogens is 2. The molecule has 3 rings (SSSR count). The predicted octanol–water partition coefficient (Wildman–Crippen LogP) is 3.69. The first kappa shape index (κ1) is 17.8. The van der Waals surface area contributed by atoms with Gasteiger partial charge in [-0.05, 0) is 48.7 Å². The lowest BCUT2D eigenvalue weighted by atomic mass is 9.94. The van der Waals surface area contributed by atoms with Crippen molar-refractivity contribution in [2.75, 3.05) is 13.1 Å². The molecule has 0 bridgehead atoms. The summed E-state index contributed by atoms with van der Waals surface area (Å²) >= 11 is 5.98. The van der Waals surface area contributed by atoms with Crippen LogP contribution in [0.5, 0.6) is 0 Å². The standard InChI is InChI=1S/C18H19ClN2O.ClH/c1-12-6-7-14(19)10-16(12)18(22)21-11-17-15-5-3-2-4-13(15)8-9-20-17;/h2-7,10,17,20H,8-9,11H2,1H3,(H,21,22);1H. The van der Waals surface area contributed by atoms with E-state index in [1.807, 2.05) is 19.1 Å². The Morgan fingerprint density at radius 3 is 2.91 bits per heavy atom. The molecule has 1 aliphatic rings. The van der Waals surface area contributed by atoms with Gasteiger partial charge in [-0.25, -0.2) is 0 Å². The van der Waals surface area contributed by atoms with Crippen molar-refractivity contribution in [1.82, 2.24) is 10.6 Å². The summed E-state index contributed by atoms with van der Waals surface area (Å²) in [4.78, 5) is 12.4. The molecule has 2 aromatic carbocycles. The zero-order chi connectivity index (χ0) is 15.5. The van der Waals surface area contributed by atoms with E-state index in [2.05, 4.69) is 28.8 Å². The number of hydrogen-bond donors (Lipinski definition) is 2. The number of carbonyl (C=O) groups is 1. The third kappa shape index (κ3) is 4.05. The maximum atomic E-state index is 12.4. The van der Waals surface area contributed by atoms with Crippen molar-refractivity contribution < 1.29 is 4.79 Å². The normalized spacial score (nSPS) is 16.2. The molecule has 1 aliphatic heterocycles. The van der Waals surface area contributed by atoms with Gasteiger partial charge in [0.2, 0.25) is 0 Å². The van der Waals surface area contributed by atoms with E-state index in [9.17, 15) is 4.79 Å². The lowest BCUT2D eigenvalue weighted by Crippen LogP contribution is -2.39. The summed E-state index contributed by atoms with van der Waals surface area (Å²) in [5.41, 5.74) is 4.20. The Morgan fingerprint density at radius 1 is 1.30 bits per heavy atom. The summed E-state index contributed by atoms with van der Waals surface area (Å²) in [5.74, 6) is -0.0788. The molecule has 1 atom stereocenters. The van der Waals surface area contributed by atoms with Crippen molar-refractivity contribution in [1.29, 1.82) is 0 Å². The molecule has 0 aliphatic carbocycles. The molecule has 1 unspecified atom stereocenters. The quantitative estimate of drug-likeness (QED) is 0.886. The summed E-state index contributed by atoms with van der Waals surface area (Å²) in [5, 5.41) is 7.07. The third-order valence-electron chi connectivity index (χ3n) is 4.13. The van der Waals surface area contributed by atoms with Crippen LogP contribution in [0.3, 0.4) is 0 Å². The Morgan fingerprint density at radius 2 is 2.09 bits per heavy atom. The largest absolute Gasteiger partial charge is 0.350 e. The Labute approximate surface area is 147 Å². The number of nitrogens with one attached hydrogen (secondary N) is 2. The fourth-order valence-electron chi connectivity index (χ4n) is 2.90. The number of carbonyl (C=O) groups excluding carboxylic acids is 1. The highest BCUT2D eigenvalue weighted by molar-refractivity contribution is 6.31. The highest BCUT2D eigenvalue weighted by Crippen LogP contribution is 2.22. The van der Waals surface area contributed by atoms with E-state index in [0.29, 0.717) is 17.1 Å². The number of aryl methyl sites for hydroxylation is 1. The van der Waals surface area contributed by atoms with Crippen LogP contribution in [-0.4, -0.2) is 19.0 Å². The van der Waals surface area contributed by atoms with Crippen LogP contribution in [0.2, 0.25) is 5.02 Å². The lowest BCUT2D eigenvalue weighted by Gasteiger charge is -2.27. The van der Waals surface area contributed by atoms with E-state index in [1.54, 1.807) is 12.1 Å². The van der Waals surface area contributed by atoms with Crippen LogP contribution in [0.4, 0.5) is 0 Å². The van der Waals surface area contributed by atoms with Crippen molar-refractivity contribution in [3.63, 3.8) is 0 Å². The second-order valence-electron chi connectivity index (χ2n) is 5.62. The summed E-state index contributed by atoms with van der Waals surface area (Å²) in [6.45, 7) is 3.43. The Balaban J connectivity index is 0.00000192. The Bertz CT molecular complexity index is 703. The van der Waals surface area contributed by atoms with E-state index < -0.39 is 0 Å². The number of rotatable bonds is 3. The second kappa shape index (κ2) is 7.82. The molecular formula is C18H20Cl2N2O. The van der Waals surface area contributed by atoms with Gasteiger partial charge in [0.15, 0.2) is 0 Å². The predicted molar refractivity (Wildman–Crippen MR) is 96.7 cm³/mol. The molecule has 0 spiro atoms. The van der Waals surface area contributed by atoms with E-state index >= 15 is 0 Å². The molecule has 0 saturated carbocycles. The molecule has 0 radical (unpaired) electrons. The summed E-state index contributed by atoms with van der Waals surface area (Å²) in [7, 11) is 0. The van der Waals surface area contributed by atoms with Gasteiger partial charge >= 0.3 is 0 Å². The maximum absolute atomic E-state index is 12.4. The van der Waals surface area contributed by atoms with Crippen LogP contribution in [-0.2, 0) is 6.42 Å². The molecule has 1 heterocycles. The van der Waals surface area contributed by atoms with Gasteiger partial charge in [0.05, 0.1) is 0 Å². The lowest BCUT2D eigenvalue weighted by molar-refractivity contribution is 0.0948. The first-order chi connectivity index (χ1) is 10.6. The molecule has 0 aromatic heterocycles. The minimum atomic E-state index is -0.0788. The molecule has 5 heteroatoms. The van der Waals surface area contributed by atoms with Gasteiger partial charge in [-0.1, -0.05) is 41.9 Å². The van der Waals surface area contributed by atoms with Crippen molar-refractivity contribution in [3.05, 3.63) is 69.7 Å². The van der Waals surface area contributed by atoms with Crippen LogP contribution in [0.15, 0.2) is 42.5 Å². The van der Waals surface area contributed by atoms with Gasteiger partial charge in [0.25, 0.3) is 5.91 Å². The van der Waals surface area contributed by atoms with Crippen LogP contribution in [0.25, 0.3) is 0 Å². The highest BCUT2D eigenvalue weighted by Gasteiger charge is 2.20. The zero-order valence-electron chi connectivity index (χ0n) is 12.9. The number of amides is 1. The SMILES string of the molecule is Cc1ccc(Cl)cc1C(=O)NCC1NCCc2ccccc21.Cl. The molecule has 1 amide bonds.